The first-order chi connectivity index (χ1) is 10.7. The van der Waals surface area contributed by atoms with E-state index in [0.717, 1.165) is 0 Å². The molecule has 3 heterocycles. The zero-order chi connectivity index (χ0) is 17.0. The Labute approximate surface area is 132 Å². The molecule has 1 fully saturated rings. The highest BCUT2D eigenvalue weighted by Gasteiger charge is 2.68. The number of aromatic nitrogens is 1. The lowest BCUT2D eigenvalue weighted by Gasteiger charge is -2.39. The smallest absolute Gasteiger partial charge is 0.329 e. The molecule has 122 valence electrons. The topological polar surface area (TPSA) is 109 Å². The standard InChI is InChI=1S/C15H17N3O5/c1-8(2)14(3)13(22)17-15(23-7-10(19)20)11-9(5-4-6-16-11)12(21)18(14)15/h4-6,8H,7H2,1-3H3,(H,17,22)(H,19,20). The third-order valence-corrected chi connectivity index (χ3v) is 4.61. The van der Waals surface area contributed by atoms with E-state index < -0.39 is 35.8 Å². The Morgan fingerprint density at radius 1 is 1.48 bits per heavy atom. The summed E-state index contributed by atoms with van der Waals surface area (Å²) in [5.41, 5.74) is -0.662. The van der Waals surface area contributed by atoms with Gasteiger partial charge in [0.05, 0.1) is 5.56 Å². The van der Waals surface area contributed by atoms with Gasteiger partial charge in [0.25, 0.3) is 11.8 Å². The lowest BCUT2D eigenvalue weighted by Crippen LogP contribution is -2.56. The summed E-state index contributed by atoms with van der Waals surface area (Å²) in [4.78, 5) is 41.9. The number of hydrogen-bond acceptors (Lipinski definition) is 5. The quantitative estimate of drug-likeness (QED) is 0.826. The number of carboxylic acids is 1. The molecule has 0 saturated carbocycles. The maximum atomic E-state index is 12.9. The van der Waals surface area contributed by atoms with Crippen molar-refractivity contribution in [3.8, 4) is 0 Å². The molecule has 2 aliphatic heterocycles. The number of carbonyl (C=O) groups excluding carboxylic acids is 2. The largest absolute Gasteiger partial charge is 0.480 e. The summed E-state index contributed by atoms with van der Waals surface area (Å²) in [6, 6.07) is 3.19. The Balaban J connectivity index is 2.20. The Kier molecular flexibility index (Phi) is 3.19. The Morgan fingerprint density at radius 2 is 2.17 bits per heavy atom. The van der Waals surface area contributed by atoms with Crippen LogP contribution in [0, 0.1) is 5.92 Å². The molecule has 23 heavy (non-hydrogen) atoms. The number of rotatable bonds is 4. The zero-order valence-corrected chi connectivity index (χ0v) is 13.0. The number of fused-ring (bicyclic) bond motifs is 3. The van der Waals surface area contributed by atoms with Gasteiger partial charge in [-0.2, -0.15) is 0 Å². The minimum Gasteiger partial charge on any atom is -0.480 e. The van der Waals surface area contributed by atoms with Gasteiger partial charge in [0.2, 0.25) is 5.91 Å². The Hall–Kier alpha value is -2.48. The van der Waals surface area contributed by atoms with Crippen molar-refractivity contribution in [2.45, 2.75) is 32.2 Å². The van der Waals surface area contributed by atoms with Crippen molar-refractivity contribution in [1.82, 2.24) is 15.2 Å². The normalized spacial score (nSPS) is 28.8. The first-order valence-electron chi connectivity index (χ1n) is 7.23. The van der Waals surface area contributed by atoms with Gasteiger partial charge in [0.15, 0.2) is 0 Å². The van der Waals surface area contributed by atoms with E-state index in [9.17, 15) is 14.4 Å². The van der Waals surface area contributed by atoms with Crippen molar-refractivity contribution >= 4 is 17.8 Å². The van der Waals surface area contributed by atoms with Crippen LogP contribution in [0.4, 0.5) is 0 Å². The first-order valence-corrected chi connectivity index (χ1v) is 7.23. The molecule has 2 amide bonds. The maximum absolute atomic E-state index is 12.9. The van der Waals surface area contributed by atoms with E-state index >= 15 is 0 Å². The number of hydrogen-bond donors (Lipinski definition) is 2. The van der Waals surface area contributed by atoms with Crippen LogP contribution in [-0.2, 0) is 20.2 Å². The molecule has 2 aliphatic rings. The summed E-state index contributed by atoms with van der Waals surface area (Å²) in [6.45, 7) is 4.60. The molecule has 0 aliphatic carbocycles. The second-order valence-electron chi connectivity index (χ2n) is 6.12. The summed E-state index contributed by atoms with van der Waals surface area (Å²) in [6.07, 6.45) is 1.47. The van der Waals surface area contributed by atoms with E-state index in [-0.39, 0.29) is 11.6 Å². The average molecular weight is 319 g/mol. The molecule has 8 nitrogen and oxygen atoms in total. The van der Waals surface area contributed by atoms with Crippen molar-refractivity contribution in [2.24, 2.45) is 5.92 Å². The van der Waals surface area contributed by atoms with Crippen LogP contribution in [0.25, 0.3) is 0 Å². The number of pyridine rings is 1. The summed E-state index contributed by atoms with van der Waals surface area (Å²) in [5.74, 6) is -3.91. The van der Waals surface area contributed by atoms with Crippen LogP contribution in [0.5, 0.6) is 0 Å². The molecule has 2 atom stereocenters. The van der Waals surface area contributed by atoms with Gasteiger partial charge in [-0.05, 0) is 25.0 Å². The second-order valence-corrected chi connectivity index (χ2v) is 6.12. The molecule has 3 rings (SSSR count). The lowest BCUT2D eigenvalue weighted by molar-refractivity contribution is -0.177. The number of nitrogens with zero attached hydrogens (tertiary/aromatic N) is 2. The van der Waals surface area contributed by atoms with Crippen LogP contribution in [0.1, 0.15) is 36.8 Å². The van der Waals surface area contributed by atoms with Crippen LogP contribution in [-0.4, -0.2) is 44.9 Å². The van der Waals surface area contributed by atoms with Crippen molar-refractivity contribution < 1.29 is 24.2 Å². The van der Waals surface area contributed by atoms with Gasteiger partial charge in [-0.25, -0.2) is 4.79 Å². The number of carbonyl (C=O) groups is 3. The third kappa shape index (κ3) is 1.81. The minimum absolute atomic E-state index is 0.212. The van der Waals surface area contributed by atoms with E-state index in [1.807, 2.05) is 13.8 Å². The number of nitrogens with one attached hydrogen (secondary N) is 1. The summed E-state index contributed by atoms with van der Waals surface area (Å²) in [5, 5.41) is 11.6. The predicted molar refractivity (Wildman–Crippen MR) is 77.1 cm³/mol. The molecule has 8 heteroatoms. The molecule has 0 aromatic carbocycles. The highest BCUT2D eigenvalue weighted by atomic mass is 16.6. The van der Waals surface area contributed by atoms with Crippen molar-refractivity contribution in [1.29, 1.82) is 0 Å². The fourth-order valence-electron chi connectivity index (χ4n) is 3.11. The van der Waals surface area contributed by atoms with E-state index in [1.54, 1.807) is 19.1 Å². The van der Waals surface area contributed by atoms with Crippen LogP contribution in [0.3, 0.4) is 0 Å². The minimum atomic E-state index is -1.68. The maximum Gasteiger partial charge on any atom is 0.329 e. The highest BCUT2D eigenvalue weighted by molar-refractivity contribution is 6.06. The fraction of sp³-hybridized carbons (Fsp3) is 0.467. The van der Waals surface area contributed by atoms with Crippen LogP contribution in [0.2, 0.25) is 0 Å². The lowest BCUT2D eigenvalue weighted by atomic mass is 9.87. The van der Waals surface area contributed by atoms with Crippen LogP contribution < -0.4 is 5.32 Å². The number of carboxylic acid groups (broad SMARTS) is 1. The number of ether oxygens (including phenoxy) is 1. The summed E-state index contributed by atoms with van der Waals surface area (Å²) >= 11 is 0. The van der Waals surface area contributed by atoms with Gasteiger partial charge >= 0.3 is 5.97 Å². The first kappa shape index (κ1) is 15.4. The molecule has 1 aromatic rings. The molecule has 1 saturated heterocycles. The third-order valence-electron chi connectivity index (χ3n) is 4.61. The van der Waals surface area contributed by atoms with Crippen molar-refractivity contribution in [3.63, 3.8) is 0 Å². The molecule has 1 aromatic heterocycles. The number of aliphatic carboxylic acids is 1. The van der Waals surface area contributed by atoms with Gasteiger partial charge in [0, 0.05) is 6.20 Å². The molecular weight excluding hydrogens is 302 g/mol. The van der Waals surface area contributed by atoms with E-state index in [1.165, 1.54) is 11.1 Å². The fourth-order valence-corrected chi connectivity index (χ4v) is 3.11. The predicted octanol–water partition coefficient (Wildman–Crippen LogP) is 0.293. The monoisotopic (exact) mass is 319 g/mol. The van der Waals surface area contributed by atoms with Gasteiger partial charge in [-0.15, -0.1) is 0 Å². The molecule has 0 radical (unpaired) electrons. The summed E-state index contributed by atoms with van der Waals surface area (Å²) in [7, 11) is 0. The van der Waals surface area contributed by atoms with E-state index in [0.29, 0.717) is 5.56 Å². The Bertz CT molecular complexity index is 719. The van der Waals surface area contributed by atoms with Gasteiger partial charge in [-0.1, -0.05) is 13.8 Å². The van der Waals surface area contributed by atoms with Gasteiger partial charge < -0.3 is 15.2 Å². The van der Waals surface area contributed by atoms with E-state index in [2.05, 4.69) is 10.3 Å². The molecular formula is C15H17N3O5. The van der Waals surface area contributed by atoms with Gasteiger partial charge in [0.1, 0.15) is 17.8 Å². The van der Waals surface area contributed by atoms with E-state index in [4.69, 9.17) is 9.84 Å². The highest BCUT2D eigenvalue weighted by Crippen LogP contribution is 2.48. The molecule has 0 bridgehead atoms. The van der Waals surface area contributed by atoms with Gasteiger partial charge in [-0.3, -0.25) is 19.5 Å². The summed E-state index contributed by atoms with van der Waals surface area (Å²) < 4.78 is 5.50. The van der Waals surface area contributed by atoms with Crippen molar-refractivity contribution in [3.05, 3.63) is 29.6 Å². The Morgan fingerprint density at radius 3 is 2.78 bits per heavy atom. The SMILES string of the molecule is CC(C)C1(C)C(=O)NC2(OCC(=O)O)c3ncccc3C(=O)N21. The molecule has 2 unspecified atom stereocenters. The molecule has 2 N–H and O–H groups in total. The second kappa shape index (κ2) is 4.76. The molecule has 0 spiro atoms. The average Bonchev–Trinajstić information content (AvgIpc) is 2.88. The van der Waals surface area contributed by atoms with Crippen LogP contribution in [0.15, 0.2) is 18.3 Å². The van der Waals surface area contributed by atoms with Crippen LogP contribution >= 0.6 is 0 Å². The van der Waals surface area contributed by atoms with Crippen molar-refractivity contribution in [2.75, 3.05) is 6.61 Å². The zero-order valence-electron chi connectivity index (χ0n) is 13.0. The number of amides is 2.